The number of nitrogens with zero attached hydrogens (tertiary/aromatic N) is 2. The molecule has 1 aromatic heterocycles. The first-order chi connectivity index (χ1) is 14.2. The number of aromatic nitrogens is 1. The minimum atomic E-state index is -0.502. The van der Waals surface area contributed by atoms with E-state index in [1.807, 2.05) is 33.0 Å². The number of hydrogen-bond acceptors (Lipinski definition) is 5. The Morgan fingerprint density at radius 3 is 2.77 bits per heavy atom. The molecule has 1 aromatic rings. The molecule has 0 saturated carbocycles. The zero-order chi connectivity index (χ0) is 21.7. The first-order valence-corrected chi connectivity index (χ1v) is 11.6. The summed E-state index contributed by atoms with van der Waals surface area (Å²) in [7, 11) is 0. The highest BCUT2D eigenvalue weighted by atomic mass is 35.5. The molecule has 0 aliphatic carbocycles. The highest BCUT2D eigenvalue weighted by molar-refractivity contribution is 6.29. The Balaban J connectivity index is 1.67. The summed E-state index contributed by atoms with van der Waals surface area (Å²) in [6.07, 6.45) is 6.97. The van der Waals surface area contributed by atoms with Crippen molar-refractivity contribution in [1.82, 2.24) is 10.3 Å². The second-order valence-corrected chi connectivity index (χ2v) is 10.1. The monoisotopic (exact) mass is 437 g/mol. The SMILES string of the molecule is C[C@@H]1CCN(c2cc(Cl)ncc2CCC2CCOCC2)C[C@H]1NC(=O)OC(C)(C)C. The van der Waals surface area contributed by atoms with E-state index in [0.717, 1.165) is 64.1 Å². The molecule has 0 aromatic carbocycles. The van der Waals surface area contributed by atoms with E-state index in [1.165, 1.54) is 5.56 Å². The first kappa shape index (κ1) is 23.1. The molecule has 7 heteroatoms. The van der Waals surface area contributed by atoms with Gasteiger partial charge in [-0.25, -0.2) is 9.78 Å². The van der Waals surface area contributed by atoms with E-state index in [1.54, 1.807) is 0 Å². The minimum Gasteiger partial charge on any atom is -0.444 e. The second kappa shape index (κ2) is 10.2. The van der Waals surface area contributed by atoms with Crippen molar-refractivity contribution in [2.75, 3.05) is 31.2 Å². The van der Waals surface area contributed by atoms with Crippen LogP contribution in [0.5, 0.6) is 0 Å². The number of carbonyl (C=O) groups is 1. The topological polar surface area (TPSA) is 63.7 Å². The van der Waals surface area contributed by atoms with Crippen LogP contribution in [0.1, 0.15) is 58.9 Å². The summed E-state index contributed by atoms with van der Waals surface area (Å²) in [4.78, 5) is 19.0. The number of anilines is 1. The minimum absolute atomic E-state index is 0.0314. The van der Waals surface area contributed by atoms with Gasteiger partial charge >= 0.3 is 6.09 Å². The molecule has 2 atom stereocenters. The van der Waals surface area contributed by atoms with Gasteiger partial charge in [-0.15, -0.1) is 0 Å². The Bertz CT molecular complexity index is 716. The fourth-order valence-electron chi connectivity index (χ4n) is 4.27. The van der Waals surface area contributed by atoms with Gasteiger partial charge < -0.3 is 19.7 Å². The maximum absolute atomic E-state index is 12.3. The molecule has 3 rings (SSSR count). The van der Waals surface area contributed by atoms with Crippen LogP contribution in [0.3, 0.4) is 0 Å². The lowest BCUT2D eigenvalue weighted by Crippen LogP contribution is -2.53. The number of pyridine rings is 1. The number of hydrogen-bond donors (Lipinski definition) is 1. The van der Waals surface area contributed by atoms with Gasteiger partial charge in [0.15, 0.2) is 0 Å². The van der Waals surface area contributed by atoms with Crippen molar-refractivity contribution < 1.29 is 14.3 Å². The van der Waals surface area contributed by atoms with Crippen LogP contribution in [-0.2, 0) is 15.9 Å². The van der Waals surface area contributed by atoms with Gasteiger partial charge in [0.05, 0.1) is 6.04 Å². The highest BCUT2D eigenvalue weighted by Crippen LogP contribution is 2.31. The quantitative estimate of drug-likeness (QED) is 0.668. The van der Waals surface area contributed by atoms with Crippen LogP contribution >= 0.6 is 11.6 Å². The molecule has 168 valence electrons. The molecule has 2 aliphatic heterocycles. The summed E-state index contributed by atoms with van der Waals surface area (Å²) >= 11 is 6.26. The van der Waals surface area contributed by atoms with Crippen molar-refractivity contribution in [2.24, 2.45) is 11.8 Å². The molecule has 2 fully saturated rings. The van der Waals surface area contributed by atoms with Gasteiger partial charge in [-0.1, -0.05) is 18.5 Å². The van der Waals surface area contributed by atoms with E-state index in [2.05, 4.69) is 22.1 Å². The Hall–Kier alpha value is -1.53. The first-order valence-electron chi connectivity index (χ1n) is 11.2. The van der Waals surface area contributed by atoms with Gasteiger partial charge in [0, 0.05) is 38.2 Å². The maximum Gasteiger partial charge on any atom is 0.407 e. The smallest absolute Gasteiger partial charge is 0.407 e. The molecular formula is C23H36ClN3O3. The van der Waals surface area contributed by atoms with Crippen LogP contribution in [0.25, 0.3) is 0 Å². The average Bonchev–Trinajstić information content (AvgIpc) is 2.68. The number of alkyl carbamates (subject to hydrolysis) is 1. The zero-order valence-corrected chi connectivity index (χ0v) is 19.5. The largest absolute Gasteiger partial charge is 0.444 e. The van der Waals surface area contributed by atoms with Gasteiger partial charge in [0.2, 0.25) is 0 Å². The van der Waals surface area contributed by atoms with E-state index in [4.69, 9.17) is 21.1 Å². The van der Waals surface area contributed by atoms with Crippen molar-refractivity contribution in [3.63, 3.8) is 0 Å². The molecule has 0 unspecified atom stereocenters. The van der Waals surface area contributed by atoms with Crippen LogP contribution < -0.4 is 10.2 Å². The molecule has 6 nitrogen and oxygen atoms in total. The average molecular weight is 438 g/mol. The third-order valence-corrected chi connectivity index (χ3v) is 6.30. The molecule has 3 heterocycles. The Morgan fingerprint density at radius 2 is 2.07 bits per heavy atom. The van der Waals surface area contributed by atoms with Crippen molar-refractivity contribution in [2.45, 2.75) is 71.4 Å². The van der Waals surface area contributed by atoms with Crippen molar-refractivity contribution >= 4 is 23.4 Å². The maximum atomic E-state index is 12.3. The van der Waals surface area contributed by atoms with Gasteiger partial charge in [-0.2, -0.15) is 0 Å². The third-order valence-electron chi connectivity index (χ3n) is 6.09. The van der Waals surface area contributed by atoms with E-state index < -0.39 is 5.60 Å². The third kappa shape index (κ3) is 6.74. The van der Waals surface area contributed by atoms with Crippen LogP contribution in [0.15, 0.2) is 12.3 Å². The number of ether oxygens (including phenoxy) is 2. The number of aryl methyl sites for hydroxylation is 1. The molecule has 1 amide bonds. The summed E-state index contributed by atoms with van der Waals surface area (Å²) in [5, 5.41) is 3.59. The molecule has 0 bridgehead atoms. The number of nitrogens with one attached hydrogen (secondary N) is 1. The summed E-state index contributed by atoms with van der Waals surface area (Å²) in [5.74, 6) is 1.10. The Morgan fingerprint density at radius 1 is 1.33 bits per heavy atom. The lowest BCUT2D eigenvalue weighted by molar-refractivity contribution is 0.0483. The van der Waals surface area contributed by atoms with Gasteiger partial charge in [-0.05, 0) is 76.3 Å². The van der Waals surface area contributed by atoms with Gasteiger partial charge in [-0.3, -0.25) is 0 Å². The van der Waals surface area contributed by atoms with Crippen molar-refractivity contribution in [3.8, 4) is 0 Å². The summed E-state index contributed by atoms with van der Waals surface area (Å²) in [6, 6.07) is 2.00. The number of rotatable bonds is 5. The standard InChI is InChI=1S/C23H36ClN3O3/c1-16-7-10-27(15-19(16)26-22(28)30-23(2,3)4)20-13-21(24)25-14-18(20)6-5-17-8-11-29-12-9-17/h13-14,16-17,19H,5-12,15H2,1-4H3,(H,26,28)/t16-,19-/m1/s1. The number of piperidine rings is 1. The lowest BCUT2D eigenvalue weighted by atomic mass is 9.91. The van der Waals surface area contributed by atoms with E-state index in [9.17, 15) is 4.79 Å². The normalized spacial score (nSPS) is 23.3. The lowest BCUT2D eigenvalue weighted by Gasteiger charge is -2.39. The molecule has 1 N–H and O–H groups in total. The summed E-state index contributed by atoms with van der Waals surface area (Å²) < 4.78 is 11.0. The molecule has 30 heavy (non-hydrogen) atoms. The number of amides is 1. The van der Waals surface area contributed by atoms with Crippen LogP contribution in [0, 0.1) is 11.8 Å². The predicted octanol–water partition coefficient (Wildman–Crippen LogP) is 4.83. The number of halogens is 1. The van der Waals surface area contributed by atoms with Crippen LogP contribution in [0.2, 0.25) is 5.15 Å². The summed E-state index contributed by atoms with van der Waals surface area (Å²) in [6.45, 7) is 11.3. The predicted molar refractivity (Wildman–Crippen MR) is 120 cm³/mol. The molecular weight excluding hydrogens is 402 g/mol. The molecule has 2 aliphatic rings. The van der Waals surface area contributed by atoms with E-state index >= 15 is 0 Å². The van der Waals surface area contributed by atoms with Crippen LogP contribution in [0.4, 0.5) is 10.5 Å². The van der Waals surface area contributed by atoms with Gasteiger partial charge in [0.1, 0.15) is 10.8 Å². The summed E-state index contributed by atoms with van der Waals surface area (Å²) in [5.41, 5.74) is 1.87. The fourth-order valence-corrected chi connectivity index (χ4v) is 4.42. The molecule has 0 radical (unpaired) electrons. The fraction of sp³-hybridized carbons (Fsp3) is 0.739. The van der Waals surface area contributed by atoms with Crippen molar-refractivity contribution in [1.29, 1.82) is 0 Å². The molecule has 2 saturated heterocycles. The second-order valence-electron chi connectivity index (χ2n) is 9.69. The van der Waals surface area contributed by atoms with E-state index in [-0.39, 0.29) is 12.1 Å². The van der Waals surface area contributed by atoms with Crippen LogP contribution in [-0.4, -0.2) is 49.0 Å². The van der Waals surface area contributed by atoms with Crippen molar-refractivity contribution in [3.05, 3.63) is 23.0 Å². The molecule has 0 spiro atoms. The zero-order valence-electron chi connectivity index (χ0n) is 18.7. The van der Waals surface area contributed by atoms with E-state index in [0.29, 0.717) is 17.0 Å². The number of carbonyl (C=O) groups excluding carboxylic acids is 1. The van der Waals surface area contributed by atoms with Gasteiger partial charge in [0.25, 0.3) is 0 Å². The Kier molecular flexibility index (Phi) is 7.86. The highest BCUT2D eigenvalue weighted by Gasteiger charge is 2.30. The Labute approximate surface area is 185 Å².